The van der Waals surface area contributed by atoms with Crippen LogP contribution in [0.3, 0.4) is 0 Å². The fourth-order valence-corrected chi connectivity index (χ4v) is 2.33. The van der Waals surface area contributed by atoms with E-state index in [1.54, 1.807) is 18.3 Å². The molecule has 3 aromatic rings. The molecule has 1 aromatic carbocycles. The summed E-state index contributed by atoms with van der Waals surface area (Å²) in [5.41, 5.74) is 7.61. The molecule has 8 heteroatoms. The Morgan fingerprint density at radius 3 is 2.96 bits per heavy atom. The third kappa shape index (κ3) is 5.02. The van der Waals surface area contributed by atoms with E-state index in [0.29, 0.717) is 29.2 Å². The highest BCUT2D eigenvalue weighted by Crippen LogP contribution is 2.19. The van der Waals surface area contributed by atoms with Crippen LogP contribution in [0.2, 0.25) is 5.02 Å². The van der Waals surface area contributed by atoms with Gasteiger partial charge in [0.25, 0.3) is 0 Å². The van der Waals surface area contributed by atoms with Gasteiger partial charge in [0, 0.05) is 35.4 Å². The average Bonchev–Trinajstić information content (AvgIpc) is 3.10. The first-order valence-electron chi connectivity index (χ1n) is 7.73. The largest absolute Gasteiger partial charge is 0.370 e. The summed E-state index contributed by atoms with van der Waals surface area (Å²) in [6, 6.07) is 13.0. The van der Waals surface area contributed by atoms with Gasteiger partial charge in [-0.3, -0.25) is 4.98 Å². The first-order valence-corrected chi connectivity index (χ1v) is 8.11. The van der Waals surface area contributed by atoms with Crippen molar-refractivity contribution in [1.29, 1.82) is 0 Å². The Bertz CT molecular complexity index is 849. The number of halogens is 1. The second kappa shape index (κ2) is 8.25. The maximum absolute atomic E-state index is 5.96. The first kappa shape index (κ1) is 16.9. The predicted molar refractivity (Wildman–Crippen MR) is 96.0 cm³/mol. The molecule has 0 fully saturated rings. The molecule has 7 nitrogen and oxygen atoms in total. The number of hydrogen-bond donors (Lipinski definition) is 2. The van der Waals surface area contributed by atoms with E-state index >= 15 is 0 Å². The minimum Gasteiger partial charge on any atom is -0.370 e. The Kier molecular flexibility index (Phi) is 5.58. The Labute approximate surface area is 149 Å². The summed E-state index contributed by atoms with van der Waals surface area (Å²) in [6.07, 6.45) is 2.52. The van der Waals surface area contributed by atoms with E-state index in [-0.39, 0.29) is 6.54 Å². The van der Waals surface area contributed by atoms with Gasteiger partial charge in [-0.1, -0.05) is 35.0 Å². The second-order valence-electron chi connectivity index (χ2n) is 5.22. The van der Waals surface area contributed by atoms with Crippen LogP contribution in [-0.4, -0.2) is 27.6 Å². The van der Waals surface area contributed by atoms with Gasteiger partial charge in [0.15, 0.2) is 5.96 Å². The molecular weight excluding hydrogens is 340 g/mol. The fraction of sp³-hybridized carbons (Fsp3) is 0.176. The molecule has 0 aliphatic carbocycles. The molecule has 0 amide bonds. The highest BCUT2D eigenvalue weighted by molar-refractivity contribution is 6.30. The molecule has 0 aliphatic rings. The van der Waals surface area contributed by atoms with E-state index < -0.39 is 0 Å². The van der Waals surface area contributed by atoms with Crippen molar-refractivity contribution < 1.29 is 4.52 Å². The molecule has 0 aliphatic heterocycles. The van der Waals surface area contributed by atoms with E-state index in [0.717, 1.165) is 17.7 Å². The van der Waals surface area contributed by atoms with Crippen molar-refractivity contribution in [2.24, 2.45) is 10.7 Å². The third-order valence-corrected chi connectivity index (χ3v) is 3.58. The first-order chi connectivity index (χ1) is 12.2. The lowest BCUT2D eigenvalue weighted by molar-refractivity contribution is 0.381. The topological polar surface area (TPSA) is 102 Å². The maximum Gasteiger partial charge on any atom is 0.248 e. The van der Waals surface area contributed by atoms with Gasteiger partial charge in [0.05, 0.1) is 0 Å². The monoisotopic (exact) mass is 356 g/mol. The average molecular weight is 357 g/mol. The highest BCUT2D eigenvalue weighted by Gasteiger charge is 2.08. The van der Waals surface area contributed by atoms with Crippen LogP contribution in [-0.2, 0) is 13.0 Å². The zero-order chi connectivity index (χ0) is 17.5. The standard InChI is InChI=1S/C17H17ClN6O/c18-13-5-3-4-12(10-13)16-23-15(25-24-16)11-22-17(19)21-9-7-14-6-1-2-8-20-14/h1-6,8,10H,7,9,11H2,(H3,19,21,22). The summed E-state index contributed by atoms with van der Waals surface area (Å²) in [5, 5.41) is 7.57. The SMILES string of the molecule is NC(=NCc1nc(-c2cccc(Cl)c2)no1)NCCc1ccccn1. The smallest absolute Gasteiger partial charge is 0.248 e. The highest BCUT2D eigenvalue weighted by atomic mass is 35.5. The molecule has 0 saturated carbocycles. The van der Waals surface area contributed by atoms with E-state index in [1.807, 2.05) is 30.3 Å². The maximum atomic E-state index is 5.96. The predicted octanol–water partition coefficient (Wildman–Crippen LogP) is 2.43. The van der Waals surface area contributed by atoms with Gasteiger partial charge in [-0.05, 0) is 24.3 Å². The molecule has 0 bridgehead atoms. The normalized spacial score (nSPS) is 11.5. The lowest BCUT2D eigenvalue weighted by atomic mass is 10.2. The van der Waals surface area contributed by atoms with Gasteiger partial charge in [-0.15, -0.1) is 0 Å². The number of rotatable bonds is 6. The molecular formula is C17H17ClN6O. The molecule has 0 saturated heterocycles. The lowest BCUT2D eigenvalue weighted by Gasteiger charge is -2.04. The molecule has 0 atom stereocenters. The zero-order valence-corrected chi connectivity index (χ0v) is 14.1. The Hall–Kier alpha value is -2.93. The number of guanidine groups is 1. The number of nitrogens with zero attached hydrogens (tertiary/aromatic N) is 4. The number of aromatic nitrogens is 3. The van der Waals surface area contributed by atoms with Crippen LogP contribution in [0, 0.1) is 0 Å². The van der Waals surface area contributed by atoms with Crippen molar-refractivity contribution in [3.05, 3.63) is 65.3 Å². The van der Waals surface area contributed by atoms with Crippen LogP contribution >= 0.6 is 11.6 Å². The van der Waals surface area contributed by atoms with E-state index in [9.17, 15) is 0 Å². The van der Waals surface area contributed by atoms with Crippen LogP contribution in [0.25, 0.3) is 11.4 Å². The van der Waals surface area contributed by atoms with Crippen molar-refractivity contribution in [1.82, 2.24) is 20.4 Å². The van der Waals surface area contributed by atoms with Crippen molar-refractivity contribution >= 4 is 17.6 Å². The van der Waals surface area contributed by atoms with Gasteiger partial charge in [-0.2, -0.15) is 4.98 Å². The third-order valence-electron chi connectivity index (χ3n) is 3.35. The number of aliphatic imine (C=N–C) groups is 1. The van der Waals surface area contributed by atoms with E-state index in [4.69, 9.17) is 21.9 Å². The Balaban J connectivity index is 1.51. The van der Waals surface area contributed by atoms with Crippen LogP contribution in [0.4, 0.5) is 0 Å². The summed E-state index contributed by atoms with van der Waals surface area (Å²) < 4.78 is 5.18. The van der Waals surface area contributed by atoms with Gasteiger partial charge in [-0.25, -0.2) is 4.99 Å². The number of pyridine rings is 1. The summed E-state index contributed by atoms with van der Waals surface area (Å²) in [7, 11) is 0. The minimum absolute atomic E-state index is 0.204. The molecule has 0 unspecified atom stereocenters. The van der Waals surface area contributed by atoms with Crippen LogP contribution < -0.4 is 11.1 Å². The summed E-state index contributed by atoms with van der Waals surface area (Å²) in [5.74, 6) is 1.16. The number of benzene rings is 1. The summed E-state index contributed by atoms with van der Waals surface area (Å²) >= 11 is 5.96. The van der Waals surface area contributed by atoms with Gasteiger partial charge in [0.1, 0.15) is 6.54 Å². The van der Waals surface area contributed by atoms with Crippen LogP contribution in [0.5, 0.6) is 0 Å². The van der Waals surface area contributed by atoms with Crippen molar-refractivity contribution in [3.63, 3.8) is 0 Å². The van der Waals surface area contributed by atoms with Gasteiger partial charge in [0.2, 0.25) is 11.7 Å². The van der Waals surface area contributed by atoms with Gasteiger partial charge < -0.3 is 15.6 Å². The van der Waals surface area contributed by atoms with Crippen molar-refractivity contribution in [2.75, 3.05) is 6.54 Å². The van der Waals surface area contributed by atoms with Crippen molar-refractivity contribution in [2.45, 2.75) is 13.0 Å². The molecule has 0 radical (unpaired) electrons. The second-order valence-corrected chi connectivity index (χ2v) is 5.66. The number of hydrogen-bond acceptors (Lipinski definition) is 5. The minimum atomic E-state index is 0.204. The van der Waals surface area contributed by atoms with Crippen LogP contribution in [0.15, 0.2) is 58.2 Å². The van der Waals surface area contributed by atoms with E-state index in [1.165, 1.54) is 0 Å². The van der Waals surface area contributed by atoms with Crippen LogP contribution in [0.1, 0.15) is 11.6 Å². The summed E-state index contributed by atoms with van der Waals surface area (Å²) in [6.45, 7) is 0.847. The number of nitrogens with one attached hydrogen (secondary N) is 1. The Morgan fingerprint density at radius 1 is 1.24 bits per heavy atom. The lowest BCUT2D eigenvalue weighted by Crippen LogP contribution is -2.33. The van der Waals surface area contributed by atoms with Crippen molar-refractivity contribution in [3.8, 4) is 11.4 Å². The Morgan fingerprint density at radius 2 is 2.16 bits per heavy atom. The number of nitrogens with two attached hydrogens (primary N) is 1. The quantitative estimate of drug-likeness (QED) is 0.519. The molecule has 2 heterocycles. The molecule has 3 rings (SSSR count). The van der Waals surface area contributed by atoms with E-state index in [2.05, 4.69) is 25.4 Å². The zero-order valence-electron chi connectivity index (χ0n) is 13.4. The van der Waals surface area contributed by atoms with Gasteiger partial charge >= 0.3 is 0 Å². The fourth-order valence-electron chi connectivity index (χ4n) is 2.14. The molecule has 25 heavy (non-hydrogen) atoms. The molecule has 3 N–H and O–H groups in total. The molecule has 0 spiro atoms. The molecule has 2 aromatic heterocycles. The summed E-state index contributed by atoms with van der Waals surface area (Å²) in [4.78, 5) is 12.7. The molecule has 128 valence electrons.